The van der Waals surface area contributed by atoms with E-state index >= 15 is 0 Å². The fourth-order valence-corrected chi connectivity index (χ4v) is 2.31. The molecule has 1 N–H and O–H groups in total. The highest BCUT2D eigenvalue weighted by molar-refractivity contribution is 6.65. The third kappa shape index (κ3) is 4.52. The Labute approximate surface area is 69.6 Å². The summed E-state index contributed by atoms with van der Waals surface area (Å²) in [5.41, 5.74) is 0. The van der Waals surface area contributed by atoms with Gasteiger partial charge in [0.25, 0.3) is 0 Å². The minimum Gasteiger partial charge on any atom is -0.398 e. The Morgan fingerprint density at radius 3 is 2.09 bits per heavy atom. The minimum atomic E-state index is -1.85. The molecule has 0 aromatic heterocycles. The zero-order valence-corrected chi connectivity index (χ0v) is 8.59. The van der Waals surface area contributed by atoms with Crippen molar-refractivity contribution in [2.24, 2.45) is 0 Å². The smallest absolute Gasteiger partial charge is 0.334 e. The zero-order valence-electron chi connectivity index (χ0n) is 7.59. The molecule has 11 heavy (non-hydrogen) atoms. The second-order valence-corrected chi connectivity index (χ2v) is 6.31. The maximum atomic E-state index is 8.54. The van der Waals surface area contributed by atoms with Crippen LogP contribution < -0.4 is 0 Å². The summed E-state index contributed by atoms with van der Waals surface area (Å²) in [4.78, 5) is 0. The van der Waals surface area contributed by atoms with E-state index in [0.717, 1.165) is 18.9 Å². The van der Waals surface area contributed by atoms with Gasteiger partial charge in [0.2, 0.25) is 0 Å². The van der Waals surface area contributed by atoms with Crippen molar-refractivity contribution in [1.29, 1.82) is 0 Å². The fraction of sp³-hybridized carbons (Fsp3) is 1.00. The molecular formula is C7H18O3Si. The standard InChI is InChI=1S/C7H18O3Si/c1-9-11(3,10-2)7-5-4-6-8/h8H,4-7H2,1-3H3. The van der Waals surface area contributed by atoms with Crippen LogP contribution in [-0.4, -0.2) is 34.5 Å². The molecule has 0 aliphatic carbocycles. The van der Waals surface area contributed by atoms with Crippen LogP contribution in [0.1, 0.15) is 12.8 Å². The van der Waals surface area contributed by atoms with Crippen LogP contribution in [0.15, 0.2) is 0 Å². The lowest BCUT2D eigenvalue weighted by atomic mass is 10.4. The second-order valence-electron chi connectivity index (χ2n) is 2.72. The first-order valence-corrected chi connectivity index (χ1v) is 6.42. The second kappa shape index (κ2) is 5.71. The molecule has 0 rings (SSSR count). The predicted octanol–water partition coefficient (Wildman–Crippen LogP) is 1.12. The lowest BCUT2D eigenvalue weighted by Crippen LogP contribution is -2.35. The lowest BCUT2D eigenvalue weighted by molar-refractivity contribution is 0.243. The Balaban J connectivity index is 3.51. The number of aliphatic hydroxyl groups excluding tert-OH is 1. The molecule has 0 atom stereocenters. The highest BCUT2D eigenvalue weighted by Crippen LogP contribution is 2.14. The molecule has 0 saturated carbocycles. The Morgan fingerprint density at radius 1 is 1.18 bits per heavy atom. The topological polar surface area (TPSA) is 38.7 Å². The number of hydrogen-bond acceptors (Lipinski definition) is 3. The molecule has 0 aromatic rings. The van der Waals surface area contributed by atoms with Gasteiger partial charge in [-0.2, -0.15) is 0 Å². The van der Waals surface area contributed by atoms with Gasteiger partial charge in [0.05, 0.1) is 0 Å². The molecule has 0 aromatic carbocycles. The van der Waals surface area contributed by atoms with Crippen molar-refractivity contribution in [3.05, 3.63) is 0 Å². The summed E-state index contributed by atoms with van der Waals surface area (Å²) in [6.45, 7) is 2.29. The molecule has 0 fully saturated rings. The Morgan fingerprint density at radius 2 is 1.73 bits per heavy atom. The molecule has 0 aliphatic heterocycles. The summed E-state index contributed by atoms with van der Waals surface area (Å²) < 4.78 is 10.5. The number of hydrogen-bond donors (Lipinski definition) is 1. The maximum Gasteiger partial charge on any atom is 0.334 e. The van der Waals surface area contributed by atoms with Gasteiger partial charge < -0.3 is 14.0 Å². The average Bonchev–Trinajstić information content (AvgIpc) is 2.05. The zero-order chi connectivity index (χ0) is 8.74. The molecule has 0 amide bonds. The lowest BCUT2D eigenvalue weighted by Gasteiger charge is -2.22. The van der Waals surface area contributed by atoms with Crippen molar-refractivity contribution in [2.45, 2.75) is 25.4 Å². The van der Waals surface area contributed by atoms with E-state index < -0.39 is 8.56 Å². The normalized spacial score (nSPS) is 12.0. The summed E-state index contributed by atoms with van der Waals surface area (Å²) in [5.74, 6) is 0. The molecule has 0 aliphatic rings. The molecule has 3 nitrogen and oxygen atoms in total. The van der Waals surface area contributed by atoms with Crippen molar-refractivity contribution in [1.82, 2.24) is 0 Å². The van der Waals surface area contributed by atoms with Crippen LogP contribution in [0.4, 0.5) is 0 Å². The molecule has 0 bridgehead atoms. The summed E-state index contributed by atoms with van der Waals surface area (Å²) >= 11 is 0. The van der Waals surface area contributed by atoms with Crippen molar-refractivity contribution in [2.75, 3.05) is 20.8 Å². The quantitative estimate of drug-likeness (QED) is 0.489. The van der Waals surface area contributed by atoms with Gasteiger partial charge >= 0.3 is 8.56 Å². The first-order valence-electron chi connectivity index (χ1n) is 3.89. The van der Waals surface area contributed by atoms with Crippen molar-refractivity contribution < 1.29 is 14.0 Å². The van der Waals surface area contributed by atoms with Gasteiger partial charge in [-0.05, 0) is 25.4 Å². The summed E-state index contributed by atoms with van der Waals surface area (Å²) in [5, 5.41) is 8.54. The van der Waals surface area contributed by atoms with Gasteiger partial charge in [-0.1, -0.05) is 0 Å². The van der Waals surface area contributed by atoms with E-state index in [9.17, 15) is 0 Å². The van der Waals surface area contributed by atoms with Gasteiger partial charge in [-0.15, -0.1) is 0 Å². The van der Waals surface area contributed by atoms with Crippen molar-refractivity contribution in [3.8, 4) is 0 Å². The Hall–Kier alpha value is 0.0969. The van der Waals surface area contributed by atoms with E-state index in [4.69, 9.17) is 14.0 Å². The minimum absolute atomic E-state index is 0.262. The van der Waals surface area contributed by atoms with Crippen molar-refractivity contribution in [3.63, 3.8) is 0 Å². The van der Waals surface area contributed by atoms with Crippen LogP contribution in [0.2, 0.25) is 12.6 Å². The first kappa shape index (κ1) is 11.1. The molecular weight excluding hydrogens is 160 g/mol. The van der Waals surface area contributed by atoms with Crippen LogP contribution >= 0.6 is 0 Å². The highest BCUT2D eigenvalue weighted by Gasteiger charge is 2.27. The molecule has 68 valence electrons. The molecule has 4 heteroatoms. The maximum absolute atomic E-state index is 8.54. The van der Waals surface area contributed by atoms with Gasteiger partial charge in [0.15, 0.2) is 0 Å². The first-order chi connectivity index (χ1) is 5.18. The van der Waals surface area contributed by atoms with Crippen LogP contribution in [-0.2, 0) is 8.85 Å². The van der Waals surface area contributed by atoms with Crippen LogP contribution in [0.3, 0.4) is 0 Å². The van der Waals surface area contributed by atoms with Gasteiger partial charge in [-0.25, -0.2) is 0 Å². The van der Waals surface area contributed by atoms with Crippen LogP contribution in [0.25, 0.3) is 0 Å². The predicted molar refractivity (Wildman–Crippen MR) is 46.8 cm³/mol. The average molecular weight is 178 g/mol. The van der Waals surface area contributed by atoms with E-state index in [-0.39, 0.29) is 6.61 Å². The molecule has 0 spiro atoms. The number of aliphatic hydroxyl groups is 1. The summed E-state index contributed by atoms with van der Waals surface area (Å²) in [6, 6.07) is 0.959. The van der Waals surface area contributed by atoms with E-state index in [1.807, 2.05) is 6.55 Å². The third-order valence-corrected chi connectivity index (χ3v) is 4.89. The number of rotatable bonds is 6. The Kier molecular flexibility index (Phi) is 5.76. The fourth-order valence-electron chi connectivity index (χ4n) is 0.845. The number of unbranched alkanes of at least 4 members (excludes halogenated alkanes) is 1. The third-order valence-electron chi connectivity index (χ3n) is 1.90. The van der Waals surface area contributed by atoms with Crippen molar-refractivity contribution >= 4 is 8.56 Å². The van der Waals surface area contributed by atoms with Gasteiger partial charge in [-0.3, -0.25) is 0 Å². The van der Waals surface area contributed by atoms with E-state index in [1.165, 1.54) is 0 Å². The van der Waals surface area contributed by atoms with E-state index in [2.05, 4.69) is 0 Å². The molecule has 0 heterocycles. The summed E-state index contributed by atoms with van der Waals surface area (Å²) in [7, 11) is 1.53. The molecule has 0 saturated heterocycles. The Bertz CT molecular complexity index is 93.7. The van der Waals surface area contributed by atoms with Crippen LogP contribution in [0.5, 0.6) is 0 Å². The largest absolute Gasteiger partial charge is 0.398 e. The molecule has 0 unspecified atom stereocenters. The highest BCUT2D eigenvalue weighted by atomic mass is 28.4. The van der Waals surface area contributed by atoms with Gasteiger partial charge in [0, 0.05) is 20.8 Å². The molecule has 0 radical (unpaired) electrons. The summed E-state index contributed by atoms with van der Waals surface area (Å²) in [6.07, 6.45) is 1.83. The van der Waals surface area contributed by atoms with E-state index in [0.29, 0.717) is 0 Å². The van der Waals surface area contributed by atoms with E-state index in [1.54, 1.807) is 14.2 Å². The van der Waals surface area contributed by atoms with Gasteiger partial charge in [0.1, 0.15) is 0 Å². The monoisotopic (exact) mass is 178 g/mol. The SMILES string of the molecule is CO[Si](C)(CCCCO)OC. The van der Waals surface area contributed by atoms with Crippen LogP contribution in [0, 0.1) is 0 Å².